The molecule has 0 saturated heterocycles. The molecule has 0 aromatic heterocycles. The molecule has 184 valence electrons. The third kappa shape index (κ3) is 4.86. The van der Waals surface area contributed by atoms with Crippen molar-refractivity contribution in [3.05, 3.63) is 87.5 Å². The Morgan fingerprint density at radius 1 is 0.917 bits per heavy atom. The maximum absolute atomic E-state index is 13.1. The molecule has 0 saturated carbocycles. The number of hydrogen-bond donors (Lipinski definition) is 2. The SMILES string of the molecule is COc1ccc(NC(=O)c2cccc(NC3=C(Cl)C(=O)N(c4ccc(C)c(Cl)c4)C3=O)c2)c(OC)c1. The fraction of sp³-hybridized carbons (Fsp3) is 0.115. The summed E-state index contributed by atoms with van der Waals surface area (Å²) in [5.41, 5.74) is 2.15. The van der Waals surface area contributed by atoms with Gasteiger partial charge in [0, 0.05) is 22.3 Å². The first-order chi connectivity index (χ1) is 17.2. The number of methoxy groups -OCH3 is 2. The second-order valence-electron chi connectivity index (χ2n) is 7.79. The Labute approximate surface area is 217 Å². The molecule has 0 atom stereocenters. The lowest BCUT2D eigenvalue weighted by Gasteiger charge is -2.16. The Bertz CT molecular complexity index is 1420. The fourth-order valence-electron chi connectivity index (χ4n) is 3.55. The summed E-state index contributed by atoms with van der Waals surface area (Å²) in [7, 11) is 3.02. The number of benzene rings is 3. The van der Waals surface area contributed by atoms with E-state index in [1.54, 1.807) is 48.5 Å². The molecule has 0 fully saturated rings. The normalized spacial score (nSPS) is 13.2. The molecule has 3 aromatic rings. The van der Waals surface area contributed by atoms with Crippen molar-refractivity contribution in [2.75, 3.05) is 29.8 Å². The van der Waals surface area contributed by atoms with Gasteiger partial charge in [-0.15, -0.1) is 0 Å². The number of aryl methyl sites for hydroxylation is 1. The lowest BCUT2D eigenvalue weighted by molar-refractivity contribution is -0.120. The van der Waals surface area contributed by atoms with Crippen LogP contribution in [-0.2, 0) is 9.59 Å². The summed E-state index contributed by atoms with van der Waals surface area (Å²) in [6.07, 6.45) is 0. The molecule has 1 heterocycles. The molecular formula is C26H21Cl2N3O5. The van der Waals surface area contributed by atoms with Crippen LogP contribution in [0.15, 0.2) is 71.4 Å². The quantitative estimate of drug-likeness (QED) is 0.403. The molecule has 0 radical (unpaired) electrons. The van der Waals surface area contributed by atoms with E-state index in [0.29, 0.717) is 39.1 Å². The summed E-state index contributed by atoms with van der Waals surface area (Å²) in [4.78, 5) is 39.7. The van der Waals surface area contributed by atoms with Gasteiger partial charge in [0.15, 0.2) is 0 Å². The van der Waals surface area contributed by atoms with Gasteiger partial charge in [-0.3, -0.25) is 14.4 Å². The highest BCUT2D eigenvalue weighted by Crippen LogP contribution is 2.33. The van der Waals surface area contributed by atoms with Crippen molar-refractivity contribution in [1.29, 1.82) is 0 Å². The molecule has 36 heavy (non-hydrogen) atoms. The number of anilines is 3. The monoisotopic (exact) mass is 525 g/mol. The van der Waals surface area contributed by atoms with E-state index in [0.717, 1.165) is 10.5 Å². The van der Waals surface area contributed by atoms with Gasteiger partial charge in [-0.1, -0.05) is 35.3 Å². The van der Waals surface area contributed by atoms with Crippen molar-refractivity contribution < 1.29 is 23.9 Å². The largest absolute Gasteiger partial charge is 0.497 e. The molecule has 2 N–H and O–H groups in total. The third-order valence-corrected chi connectivity index (χ3v) is 6.25. The summed E-state index contributed by atoms with van der Waals surface area (Å²) in [6.45, 7) is 1.81. The highest BCUT2D eigenvalue weighted by Gasteiger charge is 2.39. The van der Waals surface area contributed by atoms with Gasteiger partial charge < -0.3 is 20.1 Å². The summed E-state index contributed by atoms with van der Waals surface area (Å²) < 4.78 is 10.5. The summed E-state index contributed by atoms with van der Waals surface area (Å²) in [5.74, 6) is -0.710. The standard InChI is InChI=1S/C26H21Cl2N3O5/c1-14-7-8-17(12-19(14)27)31-25(33)22(28)23(26(31)34)29-16-6-4-5-15(11-16)24(32)30-20-10-9-18(35-2)13-21(20)36-3/h4-13,29H,1-3H3,(H,30,32). The van der Waals surface area contributed by atoms with E-state index in [-0.39, 0.29) is 10.7 Å². The van der Waals surface area contributed by atoms with Gasteiger partial charge in [0.2, 0.25) is 0 Å². The average molecular weight is 526 g/mol. The van der Waals surface area contributed by atoms with Gasteiger partial charge in [0.25, 0.3) is 17.7 Å². The van der Waals surface area contributed by atoms with Crippen LogP contribution in [0.3, 0.4) is 0 Å². The molecule has 4 rings (SSSR count). The molecule has 3 amide bonds. The van der Waals surface area contributed by atoms with Crippen molar-refractivity contribution in [3.63, 3.8) is 0 Å². The van der Waals surface area contributed by atoms with E-state index in [1.165, 1.54) is 26.4 Å². The number of hydrogen-bond acceptors (Lipinski definition) is 6. The number of amides is 3. The average Bonchev–Trinajstić information content (AvgIpc) is 3.09. The Kier molecular flexibility index (Phi) is 7.19. The lowest BCUT2D eigenvalue weighted by Crippen LogP contribution is -2.32. The number of carbonyl (C=O) groups is 3. The number of imide groups is 1. The van der Waals surface area contributed by atoms with Crippen LogP contribution in [0.4, 0.5) is 17.1 Å². The minimum Gasteiger partial charge on any atom is -0.497 e. The first-order valence-electron chi connectivity index (χ1n) is 10.7. The van der Waals surface area contributed by atoms with Gasteiger partial charge >= 0.3 is 0 Å². The number of nitrogens with one attached hydrogen (secondary N) is 2. The highest BCUT2D eigenvalue weighted by atomic mass is 35.5. The summed E-state index contributed by atoms with van der Waals surface area (Å²) in [6, 6.07) is 16.3. The van der Waals surface area contributed by atoms with Gasteiger partial charge in [-0.25, -0.2) is 4.90 Å². The molecule has 8 nitrogen and oxygen atoms in total. The van der Waals surface area contributed by atoms with Crippen molar-refractivity contribution in [1.82, 2.24) is 0 Å². The Morgan fingerprint density at radius 3 is 2.39 bits per heavy atom. The topological polar surface area (TPSA) is 97.0 Å². The van der Waals surface area contributed by atoms with Gasteiger partial charge in [0.05, 0.1) is 25.6 Å². The number of carbonyl (C=O) groups excluding carboxylic acids is 3. The van der Waals surface area contributed by atoms with Crippen LogP contribution in [0.5, 0.6) is 11.5 Å². The van der Waals surface area contributed by atoms with Crippen LogP contribution in [-0.4, -0.2) is 31.9 Å². The summed E-state index contributed by atoms with van der Waals surface area (Å²) in [5, 5.41) is 5.81. The van der Waals surface area contributed by atoms with Crippen LogP contribution in [0.1, 0.15) is 15.9 Å². The van der Waals surface area contributed by atoms with E-state index < -0.39 is 17.7 Å². The van der Waals surface area contributed by atoms with Crippen molar-refractivity contribution in [2.45, 2.75) is 6.92 Å². The zero-order valence-corrected chi connectivity index (χ0v) is 21.0. The van der Waals surface area contributed by atoms with E-state index in [2.05, 4.69) is 10.6 Å². The molecule has 0 bridgehead atoms. The Hall–Kier alpha value is -4.01. The molecule has 0 aliphatic carbocycles. The maximum Gasteiger partial charge on any atom is 0.283 e. The maximum atomic E-state index is 13.1. The van der Waals surface area contributed by atoms with E-state index >= 15 is 0 Å². The number of nitrogens with zero attached hydrogens (tertiary/aromatic N) is 1. The van der Waals surface area contributed by atoms with Gasteiger partial charge in [-0.2, -0.15) is 0 Å². The van der Waals surface area contributed by atoms with E-state index in [1.807, 2.05) is 6.92 Å². The minimum atomic E-state index is -0.676. The molecule has 3 aromatic carbocycles. The Balaban J connectivity index is 1.54. The zero-order valence-electron chi connectivity index (χ0n) is 19.5. The molecule has 0 unspecified atom stereocenters. The number of halogens is 2. The molecule has 1 aliphatic rings. The van der Waals surface area contributed by atoms with Crippen LogP contribution >= 0.6 is 23.2 Å². The highest BCUT2D eigenvalue weighted by molar-refractivity contribution is 6.53. The number of rotatable bonds is 7. The van der Waals surface area contributed by atoms with Crippen molar-refractivity contribution in [2.24, 2.45) is 0 Å². The predicted molar refractivity (Wildman–Crippen MR) is 139 cm³/mol. The first kappa shape index (κ1) is 25.1. The summed E-state index contributed by atoms with van der Waals surface area (Å²) >= 11 is 12.4. The lowest BCUT2D eigenvalue weighted by atomic mass is 10.1. The molecule has 10 heteroatoms. The third-order valence-electron chi connectivity index (χ3n) is 5.49. The van der Waals surface area contributed by atoms with Gasteiger partial charge in [-0.05, 0) is 55.0 Å². The molecule has 1 aliphatic heterocycles. The first-order valence-corrected chi connectivity index (χ1v) is 11.4. The molecular weight excluding hydrogens is 505 g/mol. The zero-order chi connectivity index (χ0) is 26.0. The van der Waals surface area contributed by atoms with E-state index in [9.17, 15) is 14.4 Å². The van der Waals surface area contributed by atoms with Crippen LogP contribution in [0, 0.1) is 6.92 Å². The van der Waals surface area contributed by atoms with Crippen LogP contribution < -0.4 is 25.0 Å². The van der Waals surface area contributed by atoms with Crippen LogP contribution in [0.2, 0.25) is 5.02 Å². The minimum absolute atomic E-state index is 0.104. The second kappa shape index (κ2) is 10.3. The second-order valence-corrected chi connectivity index (χ2v) is 8.58. The smallest absolute Gasteiger partial charge is 0.283 e. The van der Waals surface area contributed by atoms with E-state index in [4.69, 9.17) is 32.7 Å². The van der Waals surface area contributed by atoms with Crippen molar-refractivity contribution in [3.8, 4) is 11.5 Å². The van der Waals surface area contributed by atoms with Crippen molar-refractivity contribution >= 4 is 58.0 Å². The predicted octanol–water partition coefficient (Wildman–Crippen LogP) is 5.35. The Morgan fingerprint density at radius 2 is 1.69 bits per heavy atom. The number of ether oxygens (including phenoxy) is 2. The van der Waals surface area contributed by atoms with Crippen LogP contribution in [0.25, 0.3) is 0 Å². The molecule has 0 spiro atoms. The van der Waals surface area contributed by atoms with Gasteiger partial charge in [0.1, 0.15) is 22.2 Å². The fourth-order valence-corrected chi connectivity index (χ4v) is 3.93.